The molecule has 4 nitrogen and oxygen atoms in total. The maximum Gasteiger partial charge on any atom is 0.258 e. The predicted molar refractivity (Wildman–Crippen MR) is 62.2 cm³/mol. The number of rotatable bonds is 1. The van der Waals surface area contributed by atoms with Crippen molar-refractivity contribution in [2.75, 3.05) is 26.2 Å². The van der Waals surface area contributed by atoms with Crippen molar-refractivity contribution in [3.05, 3.63) is 22.6 Å². The highest BCUT2D eigenvalue weighted by molar-refractivity contribution is 9.10. The average Bonchev–Trinajstić information content (AvgIpc) is 2.89. The number of likely N-dealkylation sites (tertiary alicyclic amines) is 1. The van der Waals surface area contributed by atoms with Crippen molar-refractivity contribution in [2.24, 2.45) is 11.8 Å². The highest BCUT2D eigenvalue weighted by Crippen LogP contribution is 2.29. The lowest BCUT2D eigenvalue weighted by Gasteiger charge is -2.16. The van der Waals surface area contributed by atoms with Crippen molar-refractivity contribution >= 4 is 21.8 Å². The molecule has 0 aliphatic carbocycles. The van der Waals surface area contributed by atoms with Crippen LogP contribution in [0.2, 0.25) is 0 Å². The average molecular weight is 285 g/mol. The summed E-state index contributed by atoms with van der Waals surface area (Å²) in [5.74, 6) is 1.35. The fraction of sp³-hybridized carbons (Fsp3) is 0.545. The van der Waals surface area contributed by atoms with Crippen LogP contribution < -0.4 is 5.32 Å². The number of furan rings is 1. The Kier molecular flexibility index (Phi) is 2.52. The molecule has 1 N–H and O–H groups in total. The maximum absolute atomic E-state index is 12.2. The maximum atomic E-state index is 12.2. The molecule has 5 heteroatoms. The first-order valence-corrected chi connectivity index (χ1v) is 6.28. The smallest absolute Gasteiger partial charge is 0.258 e. The molecule has 1 amide bonds. The normalized spacial score (nSPS) is 28.4. The minimum atomic E-state index is 0.0787. The molecule has 1 aromatic rings. The van der Waals surface area contributed by atoms with Crippen LogP contribution in [0.3, 0.4) is 0 Å². The molecule has 3 rings (SSSR count). The van der Waals surface area contributed by atoms with Gasteiger partial charge in [-0.25, -0.2) is 0 Å². The van der Waals surface area contributed by atoms with Crippen molar-refractivity contribution in [2.45, 2.75) is 0 Å². The summed E-state index contributed by atoms with van der Waals surface area (Å²) in [5.41, 5.74) is 0.632. The predicted octanol–water partition coefficient (Wildman–Crippen LogP) is 1.33. The molecule has 86 valence electrons. The first-order chi connectivity index (χ1) is 7.75. The summed E-state index contributed by atoms with van der Waals surface area (Å²) in [5, 5.41) is 3.36. The van der Waals surface area contributed by atoms with E-state index in [0.29, 0.717) is 22.1 Å². The van der Waals surface area contributed by atoms with Crippen LogP contribution >= 0.6 is 15.9 Å². The Labute approximate surface area is 102 Å². The molecule has 3 heterocycles. The number of hydrogen-bond donors (Lipinski definition) is 1. The van der Waals surface area contributed by atoms with Crippen molar-refractivity contribution in [3.63, 3.8) is 0 Å². The van der Waals surface area contributed by atoms with Gasteiger partial charge in [-0.05, 0) is 33.8 Å². The third kappa shape index (κ3) is 1.58. The summed E-state index contributed by atoms with van der Waals surface area (Å²) in [6.45, 7) is 3.82. The Morgan fingerprint density at radius 3 is 2.69 bits per heavy atom. The lowest BCUT2D eigenvalue weighted by molar-refractivity contribution is 0.0779. The molecule has 1 aromatic heterocycles. The second-order valence-electron chi connectivity index (χ2n) is 4.50. The number of amides is 1. The lowest BCUT2D eigenvalue weighted by atomic mass is 10.0. The standard InChI is InChI=1S/C11H13BrN2O2/c12-10-9(1-2-16-10)11(15)14-5-7-3-13-4-8(7)6-14/h1-2,7-8,13H,3-6H2/t7-,8+. The van der Waals surface area contributed by atoms with E-state index in [1.54, 1.807) is 6.07 Å². The van der Waals surface area contributed by atoms with E-state index in [1.165, 1.54) is 6.26 Å². The van der Waals surface area contributed by atoms with Gasteiger partial charge >= 0.3 is 0 Å². The van der Waals surface area contributed by atoms with Gasteiger partial charge in [0.2, 0.25) is 0 Å². The fourth-order valence-electron chi connectivity index (χ4n) is 2.64. The van der Waals surface area contributed by atoms with E-state index in [-0.39, 0.29) is 5.91 Å². The Morgan fingerprint density at radius 1 is 1.44 bits per heavy atom. The largest absolute Gasteiger partial charge is 0.457 e. The van der Waals surface area contributed by atoms with Crippen LogP contribution in [0.1, 0.15) is 10.4 Å². The second-order valence-corrected chi connectivity index (χ2v) is 5.22. The van der Waals surface area contributed by atoms with Crippen LogP contribution in [-0.2, 0) is 0 Å². The molecule has 2 aliphatic heterocycles. The SMILES string of the molecule is O=C(c1ccoc1Br)N1C[C@H]2CNC[C@H]2C1. The van der Waals surface area contributed by atoms with Crippen molar-refractivity contribution in [3.8, 4) is 0 Å². The molecule has 2 saturated heterocycles. The summed E-state index contributed by atoms with van der Waals surface area (Å²) in [6.07, 6.45) is 1.54. The minimum absolute atomic E-state index is 0.0787. The van der Waals surface area contributed by atoms with E-state index in [9.17, 15) is 4.79 Å². The summed E-state index contributed by atoms with van der Waals surface area (Å²) in [6, 6.07) is 1.72. The van der Waals surface area contributed by atoms with Gasteiger partial charge in [-0.1, -0.05) is 0 Å². The number of hydrogen-bond acceptors (Lipinski definition) is 3. The lowest BCUT2D eigenvalue weighted by Crippen LogP contribution is -2.31. The van der Waals surface area contributed by atoms with Crippen LogP contribution in [0.5, 0.6) is 0 Å². The summed E-state index contributed by atoms with van der Waals surface area (Å²) < 4.78 is 5.63. The first kappa shape index (κ1) is 10.4. The highest BCUT2D eigenvalue weighted by Gasteiger charge is 2.38. The molecule has 16 heavy (non-hydrogen) atoms. The molecule has 0 bridgehead atoms. The third-order valence-electron chi connectivity index (χ3n) is 3.53. The minimum Gasteiger partial charge on any atom is -0.457 e. The van der Waals surface area contributed by atoms with Gasteiger partial charge in [0, 0.05) is 26.2 Å². The molecular formula is C11H13BrN2O2. The molecule has 0 unspecified atom stereocenters. The van der Waals surface area contributed by atoms with Crippen molar-refractivity contribution in [1.82, 2.24) is 10.2 Å². The quantitative estimate of drug-likeness (QED) is 0.846. The first-order valence-electron chi connectivity index (χ1n) is 5.48. The van der Waals surface area contributed by atoms with Gasteiger partial charge in [0.25, 0.3) is 5.91 Å². The number of nitrogens with zero attached hydrogens (tertiary/aromatic N) is 1. The number of carbonyl (C=O) groups excluding carboxylic acids is 1. The molecule has 2 fully saturated rings. The van der Waals surface area contributed by atoms with Gasteiger partial charge in [-0.3, -0.25) is 4.79 Å². The fourth-order valence-corrected chi connectivity index (χ4v) is 3.05. The van der Waals surface area contributed by atoms with Gasteiger partial charge in [0.15, 0.2) is 4.67 Å². The zero-order valence-corrected chi connectivity index (χ0v) is 10.4. The molecular weight excluding hydrogens is 272 g/mol. The Bertz CT molecular complexity index is 406. The van der Waals surface area contributed by atoms with Gasteiger partial charge in [0.1, 0.15) is 0 Å². The van der Waals surface area contributed by atoms with E-state index in [1.807, 2.05) is 4.90 Å². The molecule has 2 aliphatic rings. The Balaban J connectivity index is 1.75. The molecule has 0 saturated carbocycles. The van der Waals surface area contributed by atoms with E-state index in [2.05, 4.69) is 21.2 Å². The molecule has 0 radical (unpaired) electrons. The Hall–Kier alpha value is -0.810. The number of carbonyl (C=O) groups is 1. The van der Waals surface area contributed by atoms with Gasteiger partial charge in [-0.15, -0.1) is 0 Å². The van der Waals surface area contributed by atoms with Crippen LogP contribution in [0.15, 0.2) is 21.4 Å². The molecule has 2 atom stereocenters. The van der Waals surface area contributed by atoms with Crippen LogP contribution in [0.25, 0.3) is 0 Å². The van der Waals surface area contributed by atoms with Gasteiger partial charge in [-0.2, -0.15) is 0 Å². The third-order valence-corrected chi connectivity index (χ3v) is 4.14. The van der Waals surface area contributed by atoms with Crippen LogP contribution in [0, 0.1) is 11.8 Å². The topological polar surface area (TPSA) is 45.5 Å². The summed E-state index contributed by atoms with van der Waals surface area (Å²) in [7, 11) is 0. The molecule has 0 aromatic carbocycles. The van der Waals surface area contributed by atoms with E-state index >= 15 is 0 Å². The second kappa shape index (κ2) is 3.89. The number of nitrogens with one attached hydrogen (secondary N) is 1. The van der Waals surface area contributed by atoms with Crippen LogP contribution in [0.4, 0.5) is 0 Å². The number of fused-ring (bicyclic) bond motifs is 1. The Morgan fingerprint density at radius 2 is 2.12 bits per heavy atom. The van der Waals surface area contributed by atoms with Crippen molar-refractivity contribution < 1.29 is 9.21 Å². The number of halogens is 1. The van der Waals surface area contributed by atoms with E-state index in [0.717, 1.165) is 26.2 Å². The van der Waals surface area contributed by atoms with E-state index < -0.39 is 0 Å². The van der Waals surface area contributed by atoms with Gasteiger partial charge in [0.05, 0.1) is 11.8 Å². The summed E-state index contributed by atoms with van der Waals surface area (Å²) >= 11 is 3.25. The zero-order valence-electron chi connectivity index (χ0n) is 8.78. The van der Waals surface area contributed by atoms with Crippen molar-refractivity contribution in [1.29, 1.82) is 0 Å². The van der Waals surface area contributed by atoms with Gasteiger partial charge < -0.3 is 14.6 Å². The monoisotopic (exact) mass is 284 g/mol. The van der Waals surface area contributed by atoms with E-state index in [4.69, 9.17) is 4.42 Å². The summed E-state index contributed by atoms with van der Waals surface area (Å²) in [4.78, 5) is 14.1. The zero-order chi connectivity index (χ0) is 11.1. The van der Waals surface area contributed by atoms with Crippen LogP contribution in [-0.4, -0.2) is 37.0 Å². The highest BCUT2D eigenvalue weighted by atomic mass is 79.9. The molecule has 0 spiro atoms.